The van der Waals surface area contributed by atoms with Gasteiger partial charge in [-0.15, -0.1) is 0 Å². The number of benzene rings is 1. The SMILES string of the molecule is CCC(CC)(NCc1cc(Br)cc2c1OCC2)C(=O)O. The quantitative estimate of drug-likeness (QED) is 0.834. The Kier molecular flexibility index (Phi) is 4.70. The molecule has 0 saturated carbocycles. The van der Waals surface area contributed by atoms with E-state index in [2.05, 4.69) is 27.3 Å². The van der Waals surface area contributed by atoms with Crippen LogP contribution in [0.3, 0.4) is 0 Å². The molecule has 2 rings (SSSR count). The van der Waals surface area contributed by atoms with Crippen LogP contribution in [-0.2, 0) is 17.8 Å². The Labute approximate surface area is 127 Å². The third-order valence-electron chi connectivity index (χ3n) is 4.06. The van der Waals surface area contributed by atoms with E-state index in [0.717, 1.165) is 22.2 Å². The summed E-state index contributed by atoms with van der Waals surface area (Å²) in [5.41, 5.74) is 1.33. The molecule has 0 unspecified atom stereocenters. The number of carboxylic acid groups (broad SMARTS) is 1. The maximum absolute atomic E-state index is 11.5. The summed E-state index contributed by atoms with van der Waals surface area (Å²) in [7, 11) is 0. The predicted molar refractivity (Wildman–Crippen MR) is 81.1 cm³/mol. The molecule has 0 atom stereocenters. The second-order valence-electron chi connectivity index (χ2n) is 5.10. The van der Waals surface area contributed by atoms with Crippen molar-refractivity contribution < 1.29 is 14.6 Å². The first kappa shape index (κ1) is 15.3. The summed E-state index contributed by atoms with van der Waals surface area (Å²) in [6.07, 6.45) is 2.01. The molecular weight excluding hydrogens is 322 g/mol. The van der Waals surface area contributed by atoms with Crippen LogP contribution in [0.25, 0.3) is 0 Å². The Bertz CT molecular complexity index is 512. The molecule has 0 fully saturated rings. The zero-order chi connectivity index (χ0) is 14.8. The molecule has 1 aromatic carbocycles. The molecular formula is C15H20BrNO3. The summed E-state index contributed by atoms with van der Waals surface area (Å²) in [6, 6.07) is 4.06. The van der Waals surface area contributed by atoms with Crippen molar-refractivity contribution >= 4 is 21.9 Å². The van der Waals surface area contributed by atoms with E-state index in [9.17, 15) is 9.90 Å². The number of carboxylic acids is 1. The van der Waals surface area contributed by atoms with Gasteiger partial charge in [0.2, 0.25) is 0 Å². The number of hydrogen-bond acceptors (Lipinski definition) is 3. The third-order valence-corrected chi connectivity index (χ3v) is 4.52. The van der Waals surface area contributed by atoms with Gasteiger partial charge in [-0.2, -0.15) is 0 Å². The molecule has 0 radical (unpaired) electrons. The lowest BCUT2D eigenvalue weighted by Crippen LogP contribution is -2.50. The first-order chi connectivity index (χ1) is 9.52. The molecule has 20 heavy (non-hydrogen) atoms. The number of rotatable bonds is 6. The first-order valence-electron chi connectivity index (χ1n) is 6.95. The minimum Gasteiger partial charge on any atom is -0.493 e. The van der Waals surface area contributed by atoms with Crippen LogP contribution in [0.5, 0.6) is 5.75 Å². The molecule has 5 heteroatoms. The maximum Gasteiger partial charge on any atom is 0.323 e. The lowest BCUT2D eigenvalue weighted by atomic mass is 9.92. The topological polar surface area (TPSA) is 58.6 Å². The molecule has 0 amide bonds. The minimum absolute atomic E-state index is 0.496. The summed E-state index contributed by atoms with van der Waals surface area (Å²) >= 11 is 3.50. The molecule has 0 bridgehead atoms. The van der Waals surface area contributed by atoms with Crippen molar-refractivity contribution in [2.24, 2.45) is 0 Å². The number of hydrogen-bond donors (Lipinski definition) is 2. The standard InChI is InChI=1S/C15H20BrNO3/c1-3-15(4-2,14(18)19)17-9-11-8-12(16)7-10-5-6-20-13(10)11/h7-8,17H,3-6,9H2,1-2H3,(H,18,19). The van der Waals surface area contributed by atoms with Gasteiger partial charge in [0.25, 0.3) is 0 Å². The van der Waals surface area contributed by atoms with Gasteiger partial charge >= 0.3 is 5.97 Å². The van der Waals surface area contributed by atoms with Crippen molar-refractivity contribution in [3.63, 3.8) is 0 Å². The van der Waals surface area contributed by atoms with Gasteiger partial charge < -0.3 is 9.84 Å². The highest BCUT2D eigenvalue weighted by atomic mass is 79.9. The van der Waals surface area contributed by atoms with Gasteiger partial charge in [0, 0.05) is 23.0 Å². The fourth-order valence-corrected chi connectivity index (χ4v) is 3.17. The number of carbonyl (C=O) groups is 1. The molecule has 0 aliphatic carbocycles. The highest BCUT2D eigenvalue weighted by molar-refractivity contribution is 9.10. The van der Waals surface area contributed by atoms with Crippen molar-refractivity contribution in [1.29, 1.82) is 0 Å². The second kappa shape index (κ2) is 6.14. The number of nitrogens with one attached hydrogen (secondary N) is 1. The van der Waals surface area contributed by atoms with Crippen LogP contribution in [0.1, 0.15) is 37.8 Å². The number of halogens is 1. The second-order valence-corrected chi connectivity index (χ2v) is 6.02. The third kappa shape index (κ3) is 2.83. The molecule has 110 valence electrons. The average Bonchev–Trinajstić information content (AvgIpc) is 2.88. The molecule has 0 saturated heterocycles. The Hall–Kier alpha value is -1.07. The van der Waals surface area contributed by atoms with Gasteiger partial charge in [0.05, 0.1) is 6.61 Å². The molecule has 1 aliphatic heterocycles. The fourth-order valence-electron chi connectivity index (χ4n) is 2.62. The highest BCUT2D eigenvalue weighted by Crippen LogP contribution is 2.33. The first-order valence-corrected chi connectivity index (χ1v) is 7.74. The smallest absolute Gasteiger partial charge is 0.323 e. The van der Waals surface area contributed by atoms with Gasteiger partial charge in [-0.3, -0.25) is 10.1 Å². The van der Waals surface area contributed by atoms with E-state index in [4.69, 9.17) is 4.74 Å². The zero-order valence-corrected chi connectivity index (χ0v) is 13.4. The summed E-state index contributed by atoms with van der Waals surface area (Å²) in [5, 5.41) is 12.7. The number of fused-ring (bicyclic) bond motifs is 1. The predicted octanol–water partition coefficient (Wildman–Crippen LogP) is 3.12. The van der Waals surface area contributed by atoms with Crippen LogP contribution in [0.2, 0.25) is 0 Å². The van der Waals surface area contributed by atoms with E-state index in [1.165, 1.54) is 5.56 Å². The fraction of sp³-hybridized carbons (Fsp3) is 0.533. The van der Waals surface area contributed by atoms with Crippen molar-refractivity contribution in [1.82, 2.24) is 5.32 Å². The molecule has 0 spiro atoms. The molecule has 1 aromatic rings. The van der Waals surface area contributed by atoms with E-state index in [1.54, 1.807) is 0 Å². The van der Waals surface area contributed by atoms with E-state index in [1.807, 2.05) is 19.9 Å². The van der Waals surface area contributed by atoms with E-state index >= 15 is 0 Å². The molecule has 2 N–H and O–H groups in total. The van der Waals surface area contributed by atoms with Gasteiger partial charge in [0.15, 0.2) is 0 Å². The van der Waals surface area contributed by atoms with Gasteiger partial charge in [-0.1, -0.05) is 29.8 Å². The van der Waals surface area contributed by atoms with Crippen LogP contribution in [0.15, 0.2) is 16.6 Å². The van der Waals surface area contributed by atoms with Crippen molar-refractivity contribution in [3.05, 3.63) is 27.7 Å². The van der Waals surface area contributed by atoms with Crippen molar-refractivity contribution in [2.45, 2.75) is 45.2 Å². The Morgan fingerprint density at radius 2 is 2.15 bits per heavy atom. The Morgan fingerprint density at radius 1 is 1.45 bits per heavy atom. The summed E-state index contributed by atoms with van der Waals surface area (Å²) in [5.74, 6) is 0.113. The van der Waals surface area contributed by atoms with E-state index in [0.29, 0.717) is 26.0 Å². The minimum atomic E-state index is -0.867. The largest absolute Gasteiger partial charge is 0.493 e. The summed E-state index contributed by atoms with van der Waals surface area (Å²) in [6.45, 7) is 4.99. The lowest BCUT2D eigenvalue weighted by molar-refractivity contribution is -0.145. The molecule has 1 aliphatic rings. The van der Waals surface area contributed by atoms with Crippen molar-refractivity contribution in [3.8, 4) is 5.75 Å². The maximum atomic E-state index is 11.5. The molecule has 0 aromatic heterocycles. The van der Waals surface area contributed by atoms with Crippen LogP contribution in [0, 0.1) is 0 Å². The normalized spacial score (nSPS) is 13.9. The monoisotopic (exact) mass is 341 g/mol. The van der Waals surface area contributed by atoms with Crippen LogP contribution < -0.4 is 10.1 Å². The van der Waals surface area contributed by atoms with Crippen LogP contribution in [0.4, 0.5) is 0 Å². The van der Waals surface area contributed by atoms with Gasteiger partial charge in [-0.05, 0) is 30.5 Å². The molecule has 4 nitrogen and oxygen atoms in total. The Morgan fingerprint density at radius 3 is 2.75 bits per heavy atom. The summed E-state index contributed by atoms with van der Waals surface area (Å²) < 4.78 is 6.68. The van der Waals surface area contributed by atoms with Crippen molar-refractivity contribution in [2.75, 3.05) is 6.61 Å². The van der Waals surface area contributed by atoms with E-state index in [-0.39, 0.29) is 0 Å². The lowest BCUT2D eigenvalue weighted by Gasteiger charge is -2.28. The number of ether oxygens (including phenoxy) is 1. The zero-order valence-electron chi connectivity index (χ0n) is 11.8. The Balaban J connectivity index is 2.21. The van der Waals surface area contributed by atoms with Gasteiger partial charge in [0.1, 0.15) is 11.3 Å². The van der Waals surface area contributed by atoms with Gasteiger partial charge in [-0.25, -0.2) is 0 Å². The van der Waals surface area contributed by atoms with E-state index < -0.39 is 11.5 Å². The van der Waals surface area contributed by atoms with Crippen LogP contribution in [-0.4, -0.2) is 23.2 Å². The summed E-state index contributed by atoms with van der Waals surface area (Å²) in [4.78, 5) is 11.5. The molecule has 1 heterocycles. The highest BCUT2D eigenvalue weighted by Gasteiger charge is 2.34. The van der Waals surface area contributed by atoms with Crippen LogP contribution >= 0.6 is 15.9 Å². The number of aliphatic carboxylic acids is 1. The average molecular weight is 342 g/mol.